The number of nitrogens with one attached hydrogen (secondary N) is 3. The van der Waals surface area contributed by atoms with Gasteiger partial charge in [0.25, 0.3) is 0 Å². The average Bonchev–Trinajstić information content (AvgIpc) is 3.25. The fourth-order valence-electron chi connectivity index (χ4n) is 3.81. The van der Waals surface area contributed by atoms with E-state index in [1.54, 1.807) is 28.9 Å². The summed E-state index contributed by atoms with van der Waals surface area (Å²) in [6.07, 6.45) is 1.74. The quantitative estimate of drug-likeness (QED) is 0.245. The lowest BCUT2D eigenvalue weighted by atomic mass is 10.1. The number of carbonyl (C=O) groups excluding carboxylic acids is 1. The minimum atomic E-state index is -0.429. The van der Waals surface area contributed by atoms with Crippen molar-refractivity contribution >= 4 is 28.9 Å². The highest BCUT2D eigenvalue weighted by Gasteiger charge is 2.13. The molecule has 9 heteroatoms. The number of phenolic OH excluding ortho intramolecular Hbond substituents is 1. The minimum absolute atomic E-state index is 0.148. The molecule has 0 aliphatic carbocycles. The number of rotatable bonds is 6. The first-order chi connectivity index (χ1) is 17.5. The minimum Gasteiger partial charge on any atom is -0.507 e. The Morgan fingerprint density at radius 1 is 0.972 bits per heavy atom. The molecule has 2 heterocycles. The van der Waals surface area contributed by atoms with E-state index in [0.717, 1.165) is 11.1 Å². The maximum absolute atomic E-state index is 13.1. The van der Waals surface area contributed by atoms with Crippen LogP contribution in [0.1, 0.15) is 11.1 Å². The lowest BCUT2D eigenvalue weighted by Crippen LogP contribution is -2.19. The summed E-state index contributed by atoms with van der Waals surface area (Å²) in [6.45, 7) is 2.38. The molecule has 0 radical (unpaired) electrons. The number of carbonyl (C=O) groups is 1. The van der Waals surface area contributed by atoms with E-state index in [1.165, 1.54) is 24.3 Å². The molecule has 8 nitrogen and oxygen atoms in total. The number of halogens is 1. The van der Waals surface area contributed by atoms with Crippen molar-refractivity contribution in [1.82, 2.24) is 14.6 Å². The van der Waals surface area contributed by atoms with Crippen LogP contribution >= 0.6 is 0 Å². The Kier molecular flexibility index (Phi) is 6.19. The van der Waals surface area contributed by atoms with E-state index in [-0.39, 0.29) is 11.6 Å². The molecule has 0 spiro atoms. The van der Waals surface area contributed by atoms with Crippen molar-refractivity contribution in [3.05, 3.63) is 102 Å². The number of nitrogens with zero attached hydrogens (tertiary/aromatic N) is 3. The number of hydrogen-bond acceptors (Lipinski definition) is 5. The number of phenols is 1. The summed E-state index contributed by atoms with van der Waals surface area (Å²) >= 11 is 0. The number of fused-ring (bicyclic) bond motifs is 1. The molecule has 0 saturated heterocycles. The average molecular weight is 483 g/mol. The number of para-hydroxylation sites is 1. The Morgan fingerprint density at radius 2 is 1.75 bits per heavy atom. The first-order valence-corrected chi connectivity index (χ1v) is 11.3. The summed E-state index contributed by atoms with van der Waals surface area (Å²) in [5.41, 5.74) is 4.87. The van der Waals surface area contributed by atoms with Gasteiger partial charge >= 0.3 is 6.03 Å². The van der Waals surface area contributed by atoms with E-state index in [1.807, 2.05) is 43.3 Å². The van der Waals surface area contributed by atoms with Crippen LogP contribution in [0.15, 0.2) is 85.1 Å². The van der Waals surface area contributed by atoms with Gasteiger partial charge in [0.2, 0.25) is 0 Å². The zero-order chi connectivity index (χ0) is 25.1. The molecule has 0 bridgehead atoms. The smallest absolute Gasteiger partial charge is 0.323 e. The van der Waals surface area contributed by atoms with Crippen LogP contribution in [0.25, 0.3) is 16.9 Å². The molecule has 4 N–H and O–H groups in total. The maximum Gasteiger partial charge on any atom is 0.323 e. The zero-order valence-corrected chi connectivity index (χ0v) is 19.4. The maximum atomic E-state index is 13.1. The van der Waals surface area contributed by atoms with Crippen molar-refractivity contribution in [2.24, 2.45) is 0 Å². The Morgan fingerprint density at radius 3 is 2.56 bits per heavy atom. The third-order valence-electron chi connectivity index (χ3n) is 5.59. The number of anilines is 3. The molecule has 3 aromatic carbocycles. The molecule has 0 fully saturated rings. The molecule has 0 saturated carbocycles. The van der Waals surface area contributed by atoms with Gasteiger partial charge < -0.3 is 21.1 Å². The summed E-state index contributed by atoms with van der Waals surface area (Å²) in [5, 5.41) is 23.6. The van der Waals surface area contributed by atoms with Gasteiger partial charge in [-0.1, -0.05) is 24.3 Å². The summed E-state index contributed by atoms with van der Waals surface area (Å²) < 4.78 is 14.8. The first-order valence-electron chi connectivity index (χ1n) is 11.3. The first kappa shape index (κ1) is 22.9. The van der Waals surface area contributed by atoms with Crippen LogP contribution in [0.3, 0.4) is 0 Å². The lowest BCUT2D eigenvalue weighted by Gasteiger charge is -2.13. The molecule has 36 heavy (non-hydrogen) atoms. The summed E-state index contributed by atoms with van der Waals surface area (Å²) in [7, 11) is 0. The summed E-state index contributed by atoms with van der Waals surface area (Å²) in [6, 6.07) is 21.4. The molecule has 0 unspecified atom stereocenters. The Balaban J connectivity index is 1.33. The molecule has 2 aromatic heterocycles. The van der Waals surface area contributed by atoms with Gasteiger partial charge in [-0.05, 0) is 61.0 Å². The molecular weight excluding hydrogens is 459 g/mol. The SMILES string of the molecule is Cc1cnn2c(NCc3cccc(NC(=O)Nc4ccc(F)cc4)c3)cc(-c3ccccc3O)nc12. The van der Waals surface area contributed by atoms with Crippen molar-refractivity contribution in [3.63, 3.8) is 0 Å². The second kappa shape index (κ2) is 9.75. The topological polar surface area (TPSA) is 104 Å². The molecule has 0 atom stereocenters. The Hall–Kier alpha value is -4.92. The highest BCUT2D eigenvalue weighted by Crippen LogP contribution is 2.30. The van der Waals surface area contributed by atoms with E-state index < -0.39 is 6.03 Å². The standard InChI is InChI=1S/C27H23FN6O2/c1-17-15-30-34-25(14-23(33-26(17)34)22-7-2-3-8-24(22)35)29-16-18-5-4-6-21(13-18)32-27(36)31-20-11-9-19(28)10-12-20/h2-15,29,35H,16H2,1H3,(H2,31,32,36). The van der Waals surface area contributed by atoms with E-state index >= 15 is 0 Å². The lowest BCUT2D eigenvalue weighted by molar-refractivity contribution is 0.262. The van der Waals surface area contributed by atoms with Gasteiger partial charge in [0.1, 0.15) is 17.4 Å². The van der Waals surface area contributed by atoms with E-state index in [2.05, 4.69) is 21.0 Å². The number of aromatic hydroxyl groups is 1. The normalized spacial score (nSPS) is 10.8. The van der Waals surface area contributed by atoms with Gasteiger partial charge in [0.05, 0.1) is 11.9 Å². The van der Waals surface area contributed by atoms with Crippen LogP contribution in [0.2, 0.25) is 0 Å². The van der Waals surface area contributed by atoms with Crippen LogP contribution in [-0.2, 0) is 6.54 Å². The van der Waals surface area contributed by atoms with Crippen molar-refractivity contribution in [2.75, 3.05) is 16.0 Å². The van der Waals surface area contributed by atoms with Crippen LogP contribution in [-0.4, -0.2) is 25.7 Å². The van der Waals surface area contributed by atoms with Crippen LogP contribution in [0, 0.1) is 12.7 Å². The molecule has 180 valence electrons. The largest absolute Gasteiger partial charge is 0.507 e. The number of amides is 2. The van der Waals surface area contributed by atoms with Gasteiger partial charge in [0, 0.05) is 35.1 Å². The van der Waals surface area contributed by atoms with Crippen molar-refractivity contribution in [1.29, 1.82) is 0 Å². The highest BCUT2D eigenvalue weighted by atomic mass is 19.1. The zero-order valence-electron chi connectivity index (χ0n) is 19.4. The third-order valence-corrected chi connectivity index (χ3v) is 5.59. The van der Waals surface area contributed by atoms with Gasteiger partial charge in [0.15, 0.2) is 5.65 Å². The van der Waals surface area contributed by atoms with E-state index in [4.69, 9.17) is 4.98 Å². The number of hydrogen-bond donors (Lipinski definition) is 4. The van der Waals surface area contributed by atoms with Crippen molar-refractivity contribution in [3.8, 4) is 17.0 Å². The molecular formula is C27H23FN6O2. The number of urea groups is 1. The van der Waals surface area contributed by atoms with Crippen LogP contribution in [0.5, 0.6) is 5.75 Å². The van der Waals surface area contributed by atoms with Crippen LogP contribution < -0.4 is 16.0 Å². The molecule has 0 aliphatic rings. The summed E-state index contributed by atoms with van der Waals surface area (Å²) in [5.74, 6) is 0.486. The molecule has 5 rings (SSSR count). The van der Waals surface area contributed by atoms with Crippen LogP contribution in [0.4, 0.5) is 26.4 Å². The molecule has 5 aromatic rings. The van der Waals surface area contributed by atoms with Gasteiger partial charge in [-0.25, -0.2) is 14.2 Å². The fourth-order valence-corrected chi connectivity index (χ4v) is 3.81. The predicted molar refractivity (Wildman–Crippen MR) is 138 cm³/mol. The van der Waals surface area contributed by atoms with Gasteiger partial charge in [-0.2, -0.15) is 9.61 Å². The van der Waals surface area contributed by atoms with Crippen molar-refractivity contribution in [2.45, 2.75) is 13.5 Å². The third kappa shape index (κ3) is 4.95. The second-order valence-corrected chi connectivity index (χ2v) is 8.25. The number of benzene rings is 3. The Bertz CT molecular complexity index is 1550. The van der Waals surface area contributed by atoms with E-state index in [9.17, 15) is 14.3 Å². The molecule has 2 amide bonds. The second-order valence-electron chi connectivity index (χ2n) is 8.25. The number of aryl methyl sites for hydroxylation is 1. The monoisotopic (exact) mass is 482 g/mol. The number of aromatic nitrogens is 3. The van der Waals surface area contributed by atoms with E-state index in [0.29, 0.717) is 40.6 Å². The Labute approximate surface area is 206 Å². The molecule has 0 aliphatic heterocycles. The van der Waals surface area contributed by atoms with Gasteiger partial charge in [-0.15, -0.1) is 0 Å². The summed E-state index contributed by atoms with van der Waals surface area (Å²) in [4.78, 5) is 17.0. The fraction of sp³-hybridized carbons (Fsp3) is 0.0741. The highest BCUT2D eigenvalue weighted by molar-refractivity contribution is 5.99. The predicted octanol–water partition coefficient (Wildman–Crippen LogP) is 5.81. The van der Waals surface area contributed by atoms with Crippen molar-refractivity contribution < 1.29 is 14.3 Å². The van der Waals surface area contributed by atoms with Gasteiger partial charge in [-0.3, -0.25) is 0 Å².